The first kappa shape index (κ1) is 20.4. The number of aromatic nitrogens is 2. The van der Waals surface area contributed by atoms with Gasteiger partial charge in [-0.15, -0.1) is 12.4 Å². The van der Waals surface area contributed by atoms with Crippen molar-refractivity contribution in [2.45, 2.75) is 17.9 Å². The zero-order chi connectivity index (χ0) is 18.2. The molecule has 0 saturated carbocycles. The maximum absolute atomic E-state index is 13.2. The Balaban J connectivity index is 0.00000243. The highest BCUT2D eigenvalue weighted by Gasteiger charge is 2.32. The van der Waals surface area contributed by atoms with Crippen molar-refractivity contribution in [2.24, 2.45) is 7.05 Å². The number of carbonyl (C=O) groups is 1. The average Bonchev–Trinajstić information content (AvgIpc) is 2.99. The van der Waals surface area contributed by atoms with Crippen LogP contribution < -0.4 is 5.32 Å². The molecular formula is C17H23ClN4O3S. The van der Waals surface area contributed by atoms with Crippen molar-refractivity contribution in [3.8, 4) is 0 Å². The van der Waals surface area contributed by atoms with E-state index in [1.54, 1.807) is 17.2 Å². The number of amides is 1. The monoisotopic (exact) mass is 398 g/mol. The second-order valence-corrected chi connectivity index (χ2v) is 8.38. The largest absolute Gasteiger partial charge is 0.336 e. The molecule has 7 nitrogen and oxygen atoms in total. The fourth-order valence-corrected chi connectivity index (χ4v) is 3.74. The first-order valence-electron chi connectivity index (χ1n) is 8.08. The van der Waals surface area contributed by atoms with E-state index in [1.165, 1.54) is 12.1 Å². The first-order chi connectivity index (χ1) is 11.8. The summed E-state index contributed by atoms with van der Waals surface area (Å²) in [7, 11) is -1.47. The maximum atomic E-state index is 13.2. The average molecular weight is 399 g/mol. The summed E-state index contributed by atoms with van der Waals surface area (Å²) < 4.78 is 25.6. The van der Waals surface area contributed by atoms with E-state index in [0.717, 1.165) is 17.6 Å². The molecule has 1 N–H and O–H groups in total. The zero-order valence-corrected chi connectivity index (χ0v) is 16.6. The summed E-state index contributed by atoms with van der Waals surface area (Å²) in [5.74, 6) is 0.634. The summed E-state index contributed by atoms with van der Waals surface area (Å²) in [5.41, 5.74) is 1.18. The van der Waals surface area contributed by atoms with Crippen LogP contribution in [0.1, 0.15) is 27.8 Å². The molecule has 0 bridgehead atoms. The van der Waals surface area contributed by atoms with E-state index in [9.17, 15) is 13.2 Å². The van der Waals surface area contributed by atoms with Crippen LogP contribution in [0.15, 0.2) is 35.5 Å². The number of benzene rings is 1. The molecule has 1 atom stereocenters. The number of imidazole rings is 1. The Hall–Kier alpha value is -1.90. The number of halogens is 1. The van der Waals surface area contributed by atoms with Crippen LogP contribution in [0, 0.1) is 6.92 Å². The molecule has 9 heteroatoms. The van der Waals surface area contributed by atoms with E-state index in [0.29, 0.717) is 25.2 Å². The lowest BCUT2D eigenvalue weighted by atomic mass is 10.1. The number of aryl methyl sites for hydroxylation is 2. The van der Waals surface area contributed by atoms with E-state index in [2.05, 4.69) is 10.3 Å². The van der Waals surface area contributed by atoms with Crippen molar-refractivity contribution in [3.05, 3.63) is 47.5 Å². The van der Waals surface area contributed by atoms with Gasteiger partial charge < -0.3 is 14.8 Å². The van der Waals surface area contributed by atoms with E-state index in [4.69, 9.17) is 0 Å². The third kappa shape index (κ3) is 3.92. The van der Waals surface area contributed by atoms with Crippen molar-refractivity contribution >= 4 is 28.2 Å². The molecule has 1 aliphatic rings. The van der Waals surface area contributed by atoms with Crippen molar-refractivity contribution in [2.75, 3.05) is 25.9 Å². The molecule has 26 heavy (non-hydrogen) atoms. The summed E-state index contributed by atoms with van der Waals surface area (Å²) in [5, 5.41) is 3.29. The summed E-state index contributed by atoms with van der Waals surface area (Å²) in [6, 6.07) is 4.50. The van der Waals surface area contributed by atoms with Gasteiger partial charge in [0.15, 0.2) is 9.84 Å². The Bertz CT molecular complexity index is 910. The van der Waals surface area contributed by atoms with Crippen LogP contribution >= 0.6 is 12.4 Å². The van der Waals surface area contributed by atoms with Crippen molar-refractivity contribution in [3.63, 3.8) is 0 Å². The Morgan fingerprint density at radius 1 is 1.35 bits per heavy atom. The molecule has 0 spiro atoms. The molecule has 0 aliphatic carbocycles. The zero-order valence-electron chi connectivity index (χ0n) is 15.0. The number of piperazine rings is 1. The molecule has 1 saturated heterocycles. The van der Waals surface area contributed by atoms with E-state index in [1.807, 2.05) is 24.7 Å². The van der Waals surface area contributed by atoms with Crippen molar-refractivity contribution < 1.29 is 13.2 Å². The highest BCUT2D eigenvalue weighted by molar-refractivity contribution is 7.90. The van der Waals surface area contributed by atoms with Crippen LogP contribution in [0.3, 0.4) is 0 Å². The second-order valence-electron chi connectivity index (χ2n) is 6.36. The summed E-state index contributed by atoms with van der Waals surface area (Å²) >= 11 is 0. The summed E-state index contributed by atoms with van der Waals surface area (Å²) in [4.78, 5) is 19.5. The molecule has 1 aromatic heterocycles. The number of carbonyl (C=O) groups excluding carboxylic acids is 1. The predicted molar refractivity (Wildman–Crippen MR) is 101 cm³/mol. The molecule has 142 valence electrons. The number of rotatable bonds is 3. The van der Waals surface area contributed by atoms with E-state index >= 15 is 0 Å². The third-order valence-electron chi connectivity index (χ3n) is 4.53. The van der Waals surface area contributed by atoms with Gasteiger partial charge in [0, 0.05) is 50.9 Å². The number of sulfone groups is 1. The lowest BCUT2D eigenvalue weighted by Gasteiger charge is -2.36. The number of hydrogen-bond acceptors (Lipinski definition) is 5. The van der Waals surface area contributed by atoms with Gasteiger partial charge in [0.2, 0.25) is 0 Å². The SMILES string of the molecule is Cc1ccc(S(C)(=O)=O)cc1C(=O)N1CCNCC1c1nccn1C.Cl. The van der Waals surface area contributed by atoms with Crippen LogP contribution in [0.25, 0.3) is 0 Å². The van der Waals surface area contributed by atoms with Gasteiger partial charge >= 0.3 is 0 Å². The lowest BCUT2D eigenvalue weighted by Crippen LogP contribution is -2.49. The lowest BCUT2D eigenvalue weighted by molar-refractivity contribution is 0.0620. The summed E-state index contributed by atoms with van der Waals surface area (Å²) in [6.45, 7) is 3.66. The third-order valence-corrected chi connectivity index (χ3v) is 5.64. The molecule has 1 unspecified atom stereocenters. The molecule has 1 fully saturated rings. The normalized spacial score (nSPS) is 17.7. The van der Waals surface area contributed by atoms with Gasteiger partial charge in [0.1, 0.15) is 11.9 Å². The number of hydrogen-bond donors (Lipinski definition) is 1. The van der Waals surface area contributed by atoms with Gasteiger partial charge in [0.05, 0.1) is 4.90 Å². The van der Waals surface area contributed by atoms with Crippen LogP contribution in [0.2, 0.25) is 0 Å². The van der Waals surface area contributed by atoms with Gasteiger partial charge in [-0.2, -0.15) is 0 Å². The first-order valence-corrected chi connectivity index (χ1v) is 9.98. The van der Waals surface area contributed by atoms with Crippen molar-refractivity contribution in [1.82, 2.24) is 19.8 Å². The minimum absolute atomic E-state index is 0. The van der Waals surface area contributed by atoms with Crippen LogP contribution in [0.5, 0.6) is 0 Å². The molecule has 1 amide bonds. The fourth-order valence-electron chi connectivity index (χ4n) is 3.09. The Morgan fingerprint density at radius 2 is 2.08 bits per heavy atom. The number of nitrogens with one attached hydrogen (secondary N) is 1. The predicted octanol–water partition coefficient (Wildman–Crippen LogP) is 1.34. The number of nitrogens with zero attached hydrogens (tertiary/aromatic N) is 3. The Morgan fingerprint density at radius 3 is 2.69 bits per heavy atom. The van der Waals surface area contributed by atoms with Gasteiger partial charge in [-0.05, 0) is 24.6 Å². The fraction of sp³-hybridized carbons (Fsp3) is 0.412. The highest BCUT2D eigenvalue weighted by atomic mass is 35.5. The standard InChI is InChI=1S/C17H22N4O3S.ClH/c1-12-4-5-13(25(3,23)24)10-14(12)17(22)21-9-6-18-11-15(21)16-19-7-8-20(16)2;/h4-5,7-8,10,15,18H,6,9,11H2,1-3H3;1H. The van der Waals surface area contributed by atoms with Crippen LogP contribution in [-0.4, -0.2) is 54.7 Å². The molecule has 2 aromatic rings. The quantitative estimate of drug-likeness (QED) is 0.843. The van der Waals surface area contributed by atoms with Crippen LogP contribution in [-0.2, 0) is 16.9 Å². The topological polar surface area (TPSA) is 84.3 Å². The molecule has 1 aromatic carbocycles. The van der Waals surface area contributed by atoms with E-state index < -0.39 is 9.84 Å². The molecule has 2 heterocycles. The summed E-state index contributed by atoms with van der Waals surface area (Å²) in [6.07, 6.45) is 4.71. The maximum Gasteiger partial charge on any atom is 0.254 e. The minimum atomic E-state index is -3.37. The second kappa shape index (κ2) is 7.77. The Kier molecular flexibility index (Phi) is 6.10. The molecule has 1 aliphatic heterocycles. The van der Waals surface area contributed by atoms with Gasteiger partial charge in [0.25, 0.3) is 5.91 Å². The minimum Gasteiger partial charge on any atom is -0.336 e. The Labute approximate surface area is 159 Å². The van der Waals surface area contributed by atoms with Gasteiger partial charge in [-0.25, -0.2) is 13.4 Å². The molecule has 3 rings (SSSR count). The van der Waals surface area contributed by atoms with Gasteiger partial charge in [-0.1, -0.05) is 6.07 Å². The van der Waals surface area contributed by atoms with Crippen molar-refractivity contribution in [1.29, 1.82) is 0 Å². The molecule has 0 radical (unpaired) electrons. The van der Waals surface area contributed by atoms with Crippen LogP contribution in [0.4, 0.5) is 0 Å². The smallest absolute Gasteiger partial charge is 0.254 e. The van der Waals surface area contributed by atoms with E-state index in [-0.39, 0.29) is 29.3 Å². The van der Waals surface area contributed by atoms with Gasteiger partial charge in [-0.3, -0.25) is 4.79 Å². The highest BCUT2D eigenvalue weighted by Crippen LogP contribution is 2.25. The molecular weight excluding hydrogens is 376 g/mol.